The number of aryl methyl sites for hydroxylation is 1. The highest BCUT2D eigenvalue weighted by Crippen LogP contribution is 2.25. The molecule has 0 aromatic carbocycles. The zero-order chi connectivity index (χ0) is 20.3. The quantitative estimate of drug-likeness (QED) is 0.442. The Labute approximate surface area is 168 Å². The van der Waals surface area contributed by atoms with Crippen LogP contribution in [0.5, 0.6) is 0 Å². The summed E-state index contributed by atoms with van der Waals surface area (Å²) in [6, 6.07) is 5.22. The topological polar surface area (TPSA) is 74.1 Å². The molecule has 0 saturated carbocycles. The minimum Gasteiger partial charge on any atom is -0.383 e. The lowest BCUT2D eigenvalue weighted by Gasteiger charge is -2.14. The molecule has 0 fully saturated rings. The lowest BCUT2D eigenvalue weighted by molar-refractivity contribution is 0.0977. The molecule has 6 nitrogen and oxygen atoms in total. The fourth-order valence-corrected chi connectivity index (χ4v) is 3.34. The van der Waals surface area contributed by atoms with E-state index < -0.39 is 0 Å². The molecule has 0 saturated heterocycles. The molecule has 0 N–H and O–H groups in total. The number of nitrogens with zero attached hydrogens (tertiary/aromatic N) is 3. The van der Waals surface area contributed by atoms with E-state index in [-0.39, 0.29) is 11.3 Å². The highest BCUT2D eigenvalue weighted by molar-refractivity contribution is 6.30. The predicted octanol–water partition coefficient (Wildman–Crippen LogP) is 4.05. The molecule has 0 spiro atoms. The SMILES string of the molecule is CCCC(=O)c1cc(C)c(-c2cc3cnc(Cl)cc3n(CCOC)c2=O)cn1. The molecule has 0 radical (unpaired) electrons. The highest BCUT2D eigenvalue weighted by atomic mass is 35.5. The number of ether oxygens (including phenoxy) is 1. The van der Waals surface area contributed by atoms with Crippen LogP contribution in [-0.4, -0.2) is 34.0 Å². The summed E-state index contributed by atoms with van der Waals surface area (Å²) in [5.74, 6) is 0.00649. The van der Waals surface area contributed by atoms with Crippen molar-refractivity contribution in [1.29, 1.82) is 0 Å². The fourth-order valence-electron chi connectivity index (χ4n) is 3.19. The van der Waals surface area contributed by atoms with E-state index in [0.717, 1.165) is 17.4 Å². The minimum absolute atomic E-state index is 0.00649. The molecule has 3 heterocycles. The van der Waals surface area contributed by atoms with Gasteiger partial charge in [-0.15, -0.1) is 0 Å². The number of pyridine rings is 3. The molecule has 28 heavy (non-hydrogen) atoms. The highest BCUT2D eigenvalue weighted by Gasteiger charge is 2.16. The molecule has 3 rings (SSSR count). The van der Waals surface area contributed by atoms with E-state index in [1.165, 1.54) is 0 Å². The summed E-state index contributed by atoms with van der Waals surface area (Å²) in [6.07, 6.45) is 4.47. The number of rotatable bonds is 7. The summed E-state index contributed by atoms with van der Waals surface area (Å²) >= 11 is 6.03. The smallest absolute Gasteiger partial charge is 0.259 e. The van der Waals surface area contributed by atoms with Crippen LogP contribution in [0.4, 0.5) is 0 Å². The number of Topliss-reactive ketones (excluding diaryl/α,β-unsaturated/α-hetero) is 1. The van der Waals surface area contributed by atoms with Crippen molar-refractivity contribution in [2.75, 3.05) is 13.7 Å². The Kier molecular flexibility index (Phi) is 6.21. The van der Waals surface area contributed by atoms with E-state index in [9.17, 15) is 9.59 Å². The maximum absolute atomic E-state index is 13.2. The van der Waals surface area contributed by atoms with Gasteiger partial charge >= 0.3 is 0 Å². The maximum atomic E-state index is 13.2. The summed E-state index contributed by atoms with van der Waals surface area (Å²) in [7, 11) is 1.59. The van der Waals surface area contributed by atoms with Gasteiger partial charge in [0.05, 0.1) is 12.1 Å². The molecular weight excluding hydrogens is 378 g/mol. The second-order valence-electron chi connectivity index (χ2n) is 6.63. The van der Waals surface area contributed by atoms with Crippen molar-refractivity contribution >= 4 is 28.3 Å². The van der Waals surface area contributed by atoms with Crippen LogP contribution in [0.25, 0.3) is 22.0 Å². The van der Waals surface area contributed by atoms with E-state index in [0.29, 0.717) is 47.1 Å². The van der Waals surface area contributed by atoms with E-state index in [2.05, 4.69) is 9.97 Å². The monoisotopic (exact) mass is 399 g/mol. The van der Waals surface area contributed by atoms with Crippen molar-refractivity contribution in [3.8, 4) is 11.1 Å². The number of fused-ring (bicyclic) bond motifs is 1. The van der Waals surface area contributed by atoms with Crippen molar-refractivity contribution in [2.24, 2.45) is 0 Å². The number of hydrogen-bond acceptors (Lipinski definition) is 5. The van der Waals surface area contributed by atoms with Gasteiger partial charge < -0.3 is 9.30 Å². The minimum atomic E-state index is -0.163. The first kappa shape index (κ1) is 20.2. The summed E-state index contributed by atoms with van der Waals surface area (Å²) < 4.78 is 6.79. The Morgan fingerprint density at radius 2 is 1.96 bits per heavy atom. The van der Waals surface area contributed by atoms with Gasteiger partial charge in [0, 0.05) is 49.0 Å². The Morgan fingerprint density at radius 1 is 1.18 bits per heavy atom. The first-order valence-electron chi connectivity index (χ1n) is 9.14. The van der Waals surface area contributed by atoms with Gasteiger partial charge in [-0.25, -0.2) is 4.98 Å². The number of aromatic nitrogens is 3. The van der Waals surface area contributed by atoms with Gasteiger partial charge in [-0.05, 0) is 37.1 Å². The van der Waals surface area contributed by atoms with Crippen molar-refractivity contribution < 1.29 is 9.53 Å². The Hall–Kier alpha value is -2.57. The first-order valence-corrected chi connectivity index (χ1v) is 9.52. The molecule has 3 aromatic heterocycles. The molecule has 146 valence electrons. The van der Waals surface area contributed by atoms with Crippen LogP contribution in [0.1, 0.15) is 35.8 Å². The van der Waals surface area contributed by atoms with Gasteiger partial charge in [0.15, 0.2) is 5.78 Å². The van der Waals surface area contributed by atoms with Crippen LogP contribution in [0.3, 0.4) is 0 Å². The Bertz CT molecular complexity index is 1090. The Balaban J connectivity index is 2.18. The average Bonchev–Trinajstić information content (AvgIpc) is 2.67. The molecule has 0 bridgehead atoms. The second kappa shape index (κ2) is 8.63. The normalized spacial score (nSPS) is 11.1. The number of halogens is 1. The van der Waals surface area contributed by atoms with Crippen LogP contribution in [0.2, 0.25) is 5.15 Å². The third-order valence-electron chi connectivity index (χ3n) is 4.63. The number of hydrogen-bond donors (Lipinski definition) is 0. The molecule has 0 atom stereocenters. The molecule has 0 amide bonds. The lowest BCUT2D eigenvalue weighted by Crippen LogP contribution is -2.24. The third kappa shape index (κ3) is 3.98. The number of carbonyl (C=O) groups excluding carboxylic acids is 1. The standard InChI is InChI=1S/C21H22ClN3O3/c1-4-5-19(26)17-8-13(2)16(12-23-17)15-9-14-11-24-20(22)10-18(14)25(21(15)27)6-7-28-3/h8-12H,4-7H2,1-3H3. The van der Waals surface area contributed by atoms with Crippen LogP contribution >= 0.6 is 11.6 Å². The molecule has 0 aliphatic rings. The van der Waals surface area contributed by atoms with Gasteiger partial charge in [-0.3, -0.25) is 14.6 Å². The summed E-state index contributed by atoms with van der Waals surface area (Å²) in [4.78, 5) is 33.8. The van der Waals surface area contributed by atoms with Gasteiger partial charge in [-0.1, -0.05) is 18.5 Å². The number of carbonyl (C=O) groups is 1. The van der Waals surface area contributed by atoms with Crippen LogP contribution < -0.4 is 5.56 Å². The maximum Gasteiger partial charge on any atom is 0.259 e. The molecule has 0 unspecified atom stereocenters. The van der Waals surface area contributed by atoms with Crippen molar-refractivity contribution in [3.63, 3.8) is 0 Å². The van der Waals surface area contributed by atoms with Crippen molar-refractivity contribution in [2.45, 2.75) is 33.2 Å². The molecule has 7 heteroatoms. The Morgan fingerprint density at radius 3 is 2.64 bits per heavy atom. The average molecular weight is 400 g/mol. The van der Waals surface area contributed by atoms with E-state index in [4.69, 9.17) is 16.3 Å². The van der Waals surface area contributed by atoms with Gasteiger partial charge in [0.25, 0.3) is 5.56 Å². The predicted molar refractivity (Wildman–Crippen MR) is 110 cm³/mol. The second-order valence-corrected chi connectivity index (χ2v) is 7.02. The summed E-state index contributed by atoms with van der Waals surface area (Å²) in [5, 5.41) is 1.11. The van der Waals surface area contributed by atoms with Crippen molar-refractivity contribution in [1.82, 2.24) is 14.5 Å². The van der Waals surface area contributed by atoms with Gasteiger partial charge in [-0.2, -0.15) is 0 Å². The first-order chi connectivity index (χ1) is 13.5. The van der Waals surface area contributed by atoms with Crippen LogP contribution in [-0.2, 0) is 11.3 Å². The van der Waals surface area contributed by atoms with Crippen molar-refractivity contribution in [3.05, 3.63) is 57.4 Å². The molecule has 3 aromatic rings. The zero-order valence-electron chi connectivity index (χ0n) is 16.2. The number of methoxy groups -OCH3 is 1. The van der Waals surface area contributed by atoms with E-state index >= 15 is 0 Å². The largest absolute Gasteiger partial charge is 0.383 e. The zero-order valence-corrected chi connectivity index (χ0v) is 16.9. The van der Waals surface area contributed by atoms with E-state index in [1.54, 1.807) is 42.3 Å². The number of ketones is 1. The van der Waals surface area contributed by atoms with Crippen LogP contribution in [0, 0.1) is 6.92 Å². The molecule has 0 aliphatic heterocycles. The molecule has 0 aliphatic carbocycles. The summed E-state index contributed by atoms with van der Waals surface area (Å²) in [5.41, 5.74) is 2.99. The molecular formula is C21H22ClN3O3. The summed E-state index contributed by atoms with van der Waals surface area (Å²) in [6.45, 7) is 4.61. The fraction of sp³-hybridized carbons (Fsp3) is 0.333. The lowest BCUT2D eigenvalue weighted by atomic mass is 10.0. The van der Waals surface area contributed by atoms with E-state index in [1.807, 2.05) is 13.8 Å². The third-order valence-corrected chi connectivity index (χ3v) is 4.83. The van der Waals surface area contributed by atoms with Gasteiger partial charge in [0.2, 0.25) is 0 Å². The van der Waals surface area contributed by atoms with Crippen LogP contribution in [0.15, 0.2) is 35.4 Å². The van der Waals surface area contributed by atoms with Gasteiger partial charge in [0.1, 0.15) is 10.8 Å².